The minimum atomic E-state index is -0.380. The number of hydrogen-bond acceptors (Lipinski definition) is 8. The number of aromatic nitrogens is 1. The van der Waals surface area contributed by atoms with Crippen molar-refractivity contribution in [1.82, 2.24) is 10.3 Å². The van der Waals surface area contributed by atoms with Crippen LogP contribution >= 0.6 is 11.3 Å². The Morgan fingerprint density at radius 2 is 2.03 bits per heavy atom. The van der Waals surface area contributed by atoms with Gasteiger partial charge in [0.15, 0.2) is 10.9 Å². The van der Waals surface area contributed by atoms with Crippen molar-refractivity contribution < 1.29 is 14.3 Å². The van der Waals surface area contributed by atoms with Crippen LogP contribution in [0.25, 0.3) is 0 Å². The Kier molecular flexibility index (Phi) is 5.66. The Balaban J connectivity index is 1.67. The van der Waals surface area contributed by atoms with Crippen molar-refractivity contribution in [1.29, 1.82) is 0 Å². The molecular weight excluding hydrogens is 412 g/mol. The molecule has 7 nitrogen and oxygen atoms in total. The lowest BCUT2D eigenvalue weighted by Crippen LogP contribution is -2.41. The van der Waals surface area contributed by atoms with Gasteiger partial charge in [0.1, 0.15) is 10.9 Å². The summed E-state index contributed by atoms with van der Waals surface area (Å²) in [7, 11) is 0. The third-order valence-corrected chi connectivity index (χ3v) is 6.37. The molecule has 2 aliphatic rings. The number of esters is 1. The van der Waals surface area contributed by atoms with Crippen LogP contribution in [0.2, 0.25) is 0 Å². The average molecular weight is 439 g/mol. The van der Waals surface area contributed by atoms with Crippen LogP contribution in [-0.4, -0.2) is 29.3 Å². The predicted octanol–water partition coefficient (Wildman–Crippen LogP) is 4.38. The smallest absolute Gasteiger partial charge is 0.350 e. The summed E-state index contributed by atoms with van der Waals surface area (Å²) in [5, 5.41) is 7.07. The zero-order valence-electron chi connectivity index (χ0n) is 18.1. The van der Waals surface area contributed by atoms with Gasteiger partial charge in [0.25, 0.3) is 0 Å². The number of ether oxygens (including phenoxy) is 1. The molecule has 8 heteroatoms. The molecule has 2 aromatic rings. The highest BCUT2D eigenvalue weighted by molar-refractivity contribution is 7.17. The van der Waals surface area contributed by atoms with Crippen LogP contribution in [0.1, 0.15) is 60.6 Å². The van der Waals surface area contributed by atoms with Crippen molar-refractivity contribution >= 4 is 34.2 Å². The van der Waals surface area contributed by atoms with Crippen LogP contribution < -0.4 is 10.6 Å². The zero-order valence-corrected chi connectivity index (χ0v) is 18.9. The molecule has 2 heterocycles. The second-order valence-electron chi connectivity index (χ2n) is 8.53. The summed E-state index contributed by atoms with van der Waals surface area (Å²) in [6.07, 6.45) is 1.26. The Labute approximate surface area is 185 Å². The number of aliphatic imine (C=N–C) groups is 1. The molecule has 0 spiro atoms. The zero-order chi connectivity index (χ0) is 22.2. The Hall–Kier alpha value is -3.00. The van der Waals surface area contributed by atoms with Crippen molar-refractivity contribution in [3.8, 4) is 0 Å². The number of nitrogens with one attached hydrogen (secondary N) is 2. The number of benzene rings is 1. The van der Waals surface area contributed by atoms with Crippen LogP contribution in [0.15, 0.2) is 46.6 Å². The van der Waals surface area contributed by atoms with E-state index in [-0.39, 0.29) is 23.2 Å². The van der Waals surface area contributed by atoms with Gasteiger partial charge in [0.2, 0.25) is 5.96 Å². The summed E-state index contributed by atoms with van der Waals surface area (Å²) in [4.78, 5) is 34.9. The first kappa shape index (κ1) is 21.2. The lowest BCUT2D eigenvalue weighted by atomic mass is 9.73. The van der Waals surface area contributed by atoms with Gasteiger partial charge in [-0.15, -0.1) is 0 Å². The topological polar surface area (TPSA) is 92.7 Å². The number of thiazole rings is 1. The van der Waals surface area contributed by atoms with Crippen LogP contribution in [0.4, 0.5) is 5.13 Å². The van der Waals surface area contributed by atoms with E-state index in [1.54, 1.807) is 13.8 Å². The third kappa shape index (κ3) is 4.39. The lowest BCUT2D eigenvalue weighted by Gasteiger charge is -2.37. The fourth-order valence-corrected chi connectivity index (χ4v) is 4.87. The third-order valence-electron chi connectivity index (χ3n) is 5.32. The number of carbonyl (C=O) groups is 2. The summed E-state index contributed by atoms with van der Waals surface area (Å²) in [5.41, 5.74) is 3.08. The normalized spacial score (nSPS) is 19.9. The summed E-state index contributed by atoms with van der Waals surface area (Å²) < 4.78 is 5.11. The van der Waals surface area contributed by atoms with Crippen molar-refractivity contribution in [3.05, 3.63) is 57.7 Å². The quantitative estimate of drug-likeness (QED) is 0.688. The van der Waals surface area contributed by atoms with Crippen molar-refractivity contribution in [2.24, 2.45) is 10.4 Å². The maximum Gasteiger partial charge on any atom is 0.350 e. The standard InChI is InChI=1S/C23H26N4O3S/c1-5-30-20(29)19-13(2)24-22(31-19)27-21-25-15-11-23(3,4)12-16(28)17(15)18(26-21)14-9-7-6-8-10-14/h6-10,18H,5,11-12H2,1-4H3,(H2,24,25,26,27)/t18-/m1/s1. The van der Waals surface area contributed by atoms with E-state index >= 15 is 0 Å². The van der Waals surface area contributed by atoms with Gasteiger partial charge in [-0.3, -0.25) is 4.79 Å². The number of nitrogens with zero attached hydrogens (tertiary/aromatic N) is 2. The van der Waals surface area contributed by atoms with E-state index in [4.69, 9.17) is 9.73 Å². The first-order valence-electron chi connectivity index (χ1n) is 10.3. The number of aryl methyl sites for hydroxylation is 1. The number of allylic oxidation sites excluding steroid dienone is 1. The van der Waals surface area contributed by atoms with Crippen molar-refractivity contribution in [2.45, 2.75) is 46.6 Å². The van der Waals surface area contributed by atoms with Crippen LogP contribution in [0, 0.1) is 12.3 Å². The molecule has 31 heavy (non-hydrogen) atoms. The molecule has 1 atom stereocenters. The van der Waals surface area contributed by atoms with Crippen LogP contribution in [0.5, 0.6) is 0 Å². The van der Waals surface area contributed by atoms with E-state index in [2.05, 4.69) is 29.5 Å². The van der Waals surface area contributed by atoms with Crippen molar-refractivity contribution in [2.75, 3.05) is 11.9 Å². The first-order valence-corrected chi connectivity index (χ1v) is 11.2. The lowest BCUT2D eigenvalue weighted by molar-refractivity contribution is -0.118. The largest absolute Gasteiger partial charge is 0.462 e. The molecule has 1 aliphatic carbocycles. The molecule has 0 saturated carbocycles. The minimum Gasteiger partial charge on any atom is -0.462 e. The predicted molar refractivity (Wildman–Crippen MR) is 121 cm³/mol. The minimum absolute atomic E-state index is 0.124. The average Bonchev–Trinajstić information content (AvgIpc) is 3.07. The van der Waals surface area contributed by atoms with E-state index in [0.717, 1.165) is 23.3 Å². The van der Waals surface area contributed by atoms with Gasteiger partial charge >= 0.3 is 5.97 Å². The van der Waals surface area contributed by atoms with Gasteiger partial charge in [-0.1, -0.05) is 55.5 Å². The van der Waals surface area contributed by atoms with Gasteiger partial charge in [-0.2, -0.15) is 0 Å². The van der Waals surface area contributed by atoms with Gasteiger partial charge in [-0.25, -0.2) is 14.8 Å². The molecule has 1 aromatic heterocycles. The van der Waals surface area contributed by atoms with E-state index in [1.807, 2.05) is 30.3 Å². The molecule has 1 aliphatic heterocycles. The maximum absolute atomic E-state index is 13.0. The molecule has 2 N–H and O–H groups in total. The molecule has 0 fully saturated rings. The fraction of sp³-hybridized carbons (Fsp3) is 0.391. The van der Waals surface area contributed by atoms with E-state index < -0.39 is 0 Å². The first-order chi connectivity index (χ1) is 14.8. The Morgan fingerprint density at radius 1 is 1.29 bits per heavy atom. The molecule has 0 radical (unpaired) electrons. The second kappa shape index (κ2) is 8.26. The summed E-state index contributed by atoms with van der Waals surface area (Å²) in [6.45, 7) is 8.06. The molecule has 4 rings (SSSR count). The number of guanidine groups is 1. The van der Waals surface area contributed by atoms with E-state index in [9.17, 15) is 9.59 Å². The molecular formula is C23H26N4O3S. The van der Waals surface area contributed by atoms with Gasteiger partial charge in [0.05, 0.1) is 12.3 Å². The molecule has 0 bridgehead atoms. The van der Waals surface area contributed by atoms with Gasteiger partial charge in [0, 0.05) is 17.7 Å². The molecule has 1 aromatic carbocycles. The van der Waals surface area contributed by atoms with E-state index in [0.29, 0.717) is 34.7 Å². The Morgan fingerprint density at radius 3 is 2.74 bits per heavy atom. The van der Waals surface area contributed by atoms with Crippen molar-refractivity contribution in [3.63, 3.8) is 0 Å². The highest BCUT2D eigenvalue weighted by Crippen LogP contribution is 2.43. The number of rotatable bonds is 4. The molecule has 162 valence electrons. The number of hydrogen-bond donors (Lipinski definition) is 2. The summed E-state index contributed by atoms with van der Waals surface area (Å²) in [6, 6.07) is 9.45. The molecule has 0 saturated heterocycles. The van der Waals surface area contributed by atoms with Gasteiger partial charge in [-0.05, 0) is 31.2 Å². The Bertz CT molecular complexity index is 1090. The van der Waals surface area contributed by atoms with E-state index in [1.165, 1.54) is 11.3 Å². The number of carbonyl (C=O) groups excluding carboxylic acids is 2. The fourth-order valence-electron chi connectivity index (χ4n) is 4.01. The number of anilines is 1. The molecule has 0 amide bonds. The highest BCUT2D eigenvalue weighted by Gasteiger charge is 2.39. The second-order valence-corrected chi connectivity index (χ2v) is 9.53. The number of Topliss-reactive ketones (excluding diaryl/α,β-unsaturated/α-hetero) is 1. The SMILES string of the molecule is CCOC(=O)c1sc(NC2=N[C@H](c3ccccc3)C3=C(CC(C)(C)CC3=O)N2)nc1C. The summed E-state index contributed by atoms with van der Waals surface area (Å²) >= 11 is 1.23. The molecule has 0 unspecified atom stereocenters. The monoisotopic (exact) mass is 438 g/mol. The highest BCUT2D eigenvalue weighted by atomic mass is 32.1. The maximum atomic E-state index is 13.0. The van der Waals surface area contributed by atoms with Crippen LogP contribution in [-0.2, 0) is 9.53 Å². The number of ketones is 1. The summed E-state index contributed by atoms with van der Waals surface area (Å²) in [5.74, 6) is 0.267. The van der Waals surface area contributed by atoms with Gasteiger partial charge < -0.3 is 15.4 Å². The van der Waals surface area contributed by atoms with Crippen LogP contribution in [0.3, 0.4) is 0 Å².